The first kappa shape index (κ1) is 30.5. The fourth-order valence-corrected chi connectivity index (χ4v) is 5.35. The number of nitrogens with one attached hydrogen (secondary N) is 1. The van der Waals surface area contributed by atoms with Crippen LogP contribution < -0.4 is 10.1 Å². The molecular formula is C32H43N3O6. The fraction of sp³-hybridized carbons (Fsp3) is 0.531. The van der Waals surface area contributed by atoms with Gasteiger partial charge >= 0.3 is 11.9 Å². The van der Waals surface area contributed by atoms with Crippen LogP contribution in [0.3, 0.4) is 0 Å². The van der Waals surface area contributed by atoms with E-state index in [9.17, 15) is 9.59 Å². The van der Waals surface area contributed by atoms with E-state index in [4.69, 9.17) is 18.9 Å². The Labute approximate surface area is 243 Å². The lowest BCUT2D eigenvalue weighted by Gasteiger charge is -2.45. The van der Waals surface area contributed by atoms with Crippen molar-refractivity contribution in [1.29, 1.82) is 0 Å². The lowest BCUT2D eigenvalue weighted by atomic mass is 9.77. The summed E-state index contributed by atoms with van der Waals surface area (Å²) >= 11 is 0. The maximum absolute atomic E-state index is 12.8. The van der Waals surface area contributed by atoms with Crippen LogP contribution in [0.2, 0.25) is 0 Å². The highest BCUT2D eigenvalue weighted by atomic mass is 16.6. The number of aliphatic imine (C=N–C) groups is 1. The molecule has 4 rings (SSSR count). The number of hydrogen-bond acceptors (Lipinski definition) is 9. The minimum atomic E-state index is -0.446. The Morgan fingerprint density at radius 3 is 2.59 bits per heavy atom. The minimum absolute atomic E-state index is 0.0886. The van der Waals surface area contributed by atoms with Gasteiger partial charge in [-0.1, -0.05) is 26.8 Å². The number of benzene rings is 1. The molecule has 9 heteroatoms. The Hall–Kier alpha value is -3.43. The van der Waals surface area contributed by atoms with Crippen LogP contribution in [-0.4, -0.2) is 74.3 Å². The van der Waals surface area contributed by atoms with Gasteiger partial charge in [0.15, 0.2) is 0 Å². The first-order chi connectivity index (χ1) is 19.5. The molecule has 0 amide bonds. The summed E-state index contributed by atoms with van der Waals surface area (Å²) < 4.78 is 22.2. The van der Waals surface area contributed by atoms with E-state index < -0.39 is 6.04 Å². The van der Waals surface area contributed by atoms with E-state index in [-0.39, 0.29) is 42.3 Å². The number of carbonyl (C=O) groups is 2. The van der Waals surface area contributed by atoms with Crippen LogP contribution in [0.25, 0.3) is 11.3 Å². The molecule has 1 saturated heterocycles. The van der Waals surface area contributed by atoms with Gasteiger partial charge < -0.3 is 23.8 Å². The highest BCUT2D eigenvalue weighted by Gasteiger charge is 2.49. The summed E-state index contributed by atoms with van der Waals surface area (Å²) in [6.45, 7) is 14.9. The van der Waals surface area contributed by atoms with E-state index in [2.05, 4.69) is 54.2 Å². The number of carbonyl (C=O) groups excluding carboxylic acids is 2. The molecule has 9 nitrogen and oxygen atoms in total. The zero-order valence-corrected chi connectivity index (χ0v) is 25.4. The van der Waals surface area contributed by atoms with Gasteiger partial charge in [-0.3, -0.25) is 15.1 Å². The molecular weight excluding hydrogens is 522 g/mol. The summed E-state index contributed by atoms with van der Waals surface area (Å²) in [5.41, 5.74) is 5.58. The fourth-order valence-electron chi connectivity index (χ4n) is 5.35. The molecule has 0 radical (unpaired) electrons. The van der Waals surface area contributed by atoms with E-state index in [0.717, 1.165) is 34.6 Å². The van der Waals surface area contributed by atoms with E-state index in [1.807, 2.05) is 26.1 Å². The summed E-state index contributed by atoms with van der Waals surface area (Å²) in [6.07, 6.45) is 8.18. The monoisotopic (exact) mass is 565 g/mol. The topological polar surface area (TPSA) is 102 Å². The van der Waals surface area contributed by atoms with Crippen molar-refractivity contribution in [2.45, 2.75) is 79.2 Å². The summed E-state index contributed by atoms with van der Waals surface area (Å²) in [6, 6.07) is 3.91. The summed E-state index contributed by atoms with van der Waals surface area (Å²) in [5.74, 6) is 0.0928. The zero-order valence-electron chi connectivity index (χ0n) is 25.4. The van der Waals surface area contributed by atoms with Crippen molar-refractivity contribution < 1.29 is 28.5 Å². The molecule has 1 aromatic carbocycles. The van der Waals surface area contributed by atoms with E-state index >= 15 is 0 Å². The summed E-state index contributed by atoms with van der Waals surface area (Å²) in [7, 11) is 1.66. The van der Waals surface area contributed by atoms with Crippen LogP contribution in [0.4, 0.5) is 0 Å². The van der Waals surface area contributed by atoms with Crippen molar-refractivity contribution in [1.82, 2.24) is 10.2 Å². The molecule has 0 aliphatic carbocycles. The smallest absolute Gasteiger partial charge is 0.338 e. The molecule has 0 aromatic heterocycles. The molecule has 1 aromatic rings. The van der Waals surface area contributed by atoms with Crippen molar-refractivity contribution in [3.63, 3.8) is 0 Å². The van der Waals surface area contributed by atoms with Crippen LogP contribution in [-0.2, 0) is 30.2 Å². The molecule has 1 N–H and O–H groups in total. The third kappa shape index (κ3) is 6.57. The Kier molecular flexibility index (Phi) is 9.39. The van der Waals surface area contributed by atoms with Gasteiger partial charge in [0.05, 0.1) is 32.6 Å². The number of nitrogens with zero attached hydrogens (tertiary/aromatic N) is 2. The first-order valence-corrected chi connectivity index (χ1v) is 14.4. The zero-order chi connectivity index (χ0) is 29.9. The summed E-state index contributed by atoms with van der Waals surface area (Å²) in [4.78, 5) is 31.5. The standard InChI is InChI=1S/C32H43N3O6/c1-9-20(16-33-18-34-19(4)30(36)39-10-2)23-12-21-13-28(32(5,6)7)35-17-24(31(37)40-11-3)29-27(41-29)15-25(35)22(21)14-26(23)38-8/h9,12,14-17,19,27-29,34H,10-11,13,18H2,1-8H3/b20-9+,33-16-/t19?,27-,28?,29?/m1/s1. The van der Waals surface area contributed by atoms with E-state index in [0.29, 0.717) is 18.8 Å². The van der Waals surface area contributed by atoms with Crippen LogP contribution in [0.15, 0.2) is 41.1 Å². The Morgan fingerprint density at radius 2 is 1.95 bits per heavy atom. The van der Waals surface area contributed by atoms with Gasteiger partial charge in [0.1, 0.15) is 24.0 Å². The number of hydrogen-bond donors (Lipinski definition) is 1. The molecule has 3 unspecified atom stereocenters. The van der Waals surface area contributed by atoms with Gasteiger partial charge in [0, 0.05) is 35.3 Å². The minimum Gasteiger partial charge on any atom is -0.496 e. The predicted octanol–water partition coefficient (Wildman–Crippen LogP) is 4.51. The Morgan fingerprint density at radius 1 is 1.22 bits per heavy atom. The second-order valence-electron chi connectivity index (χ2n) is 11.5. The third-order valence-corrected chi connectivity index (χ3v) is 7.65. The number of epoxide rings is 1. The van der Waals surface area contributed by atoms with Gasteiger partial charge in [-0.2, -0.15) is 0 Å². The van der Waals surface area contributed by atoms with Crippen molar-refractivity contribution in [3.05, 3.63) is 52.7 Å². The molecule has 0 saturated carbocycles. The molecule has 0 bridgehead atoms. The molecule has 0 spiro atoms. The second-order valence-corrected chi connectivity index (χ2v) is 11.5. The number of esters is 2. The molecule has 3 aliphatic rings. The number of rotatable bonds is 10. The number of fused-ring (bicyclic) bond motifs is 4. The molecule has 3 heterocycles. The quantitative estimate of drug-likeness (QED) is 0.251. The lowest BCUT2D eigenvalue weighted by Crippen LogP contribution is -2.45. The van der Waals surface area contributed by atoms with Gasteiger partial charge in [-0.05, 0) is 68.9 Å². The number of allylic oxidation sites excluding steroid dienone is 2. The third-order valence-electron chi connectivity index (χ3n) is 7.65. The van der Waals surface area contributed by atoms with Gasteiger partial charge in [-0.15, -0.1) is 0 Å². The summed E-state index contributed by atoms with van der Waals surface area (Å²) in [5, 5.41) is 3.07. The van der Waals surface area contributed by atoms with Crippen molar-refractivity contribution >= 4 is 29.4 Å². The second kappa shape index (κ2) is 12.6. The molecule has 3 aliphatic heterocycles. The maximum atomic E-state index is 12.8. The van der Waals surface area contributed by atoms with Crippen LogP contribution >= 0.6 is 0 Å². The van der Waals surface area contributed by atoms with Gasteiger partial charge in [0.2, 0.25) is 0 Å². The molecule has 41 heavy (non-hydrogen) atoms. The average Bonchev–Trinajstić information content (AvgIpc) is 3.71. The van der Waals surface area contributed by atoms with Crippen molar-refractivity contribution in [3.8, 4) is 5.75 Å². The van der Waals surface area contributed by atoms with Gasteiger partial charge in [-0.25, -0.2) is 4.79 Å². The Bertz CT molecular complexity index is 1290. The van der Waals surface area contributed by atoms with Crippen LogP contribution in [0, 0.1) is 5.41 Å². The average molecular weight is 566 g/mol. The highest BCUT2D eigenvalue weighted by molar-refractivity contribution is 6.11. The molecule has 1 fully saturated rings. The van der Waals surface area contributed by atoms with Gasteiger partial charge in [0.25, 0.3) is 0 Å². The lowest BCUT2D eigenvalue weighted by molar-refractivity contribution is -0.145. The first-order valence-electron chi connectivity index (χ1n) is 14.4. The highest BCUT2D eigenvalue weighted by Crippen LogP contribution is 2.47. The normalized spacial score (nSPS) is 22.5. The largest absolute Gasteiger partial charge is 0.496 e. The van der Waals surface area contributed by atoms with Crippen LogP contribution in [0.5, 0.6) is 5.75 Å². The molecule has 222 valence electrons. The van der Waals surface area contributed by atoms with E-state index in [1.165, 1.54) is 5.56 Å². The number of methoxy groups -OCH3 is 1. The Balaban J connectivity index is 1.69. The molecule has 4 atom stereocenters. The number of ether oxygens (including phenoxy) is 4. The predicted molar refractivity (Wildman–Crippen MR) is 159 cm³/mol. The maximum Gasteiger partial charge on any atom is 0.338 e. The van der Waals surface area contributed by atoms with Crippen molar-refractivity contribution in [2.75, 3.05) is 27.0 Å². The van der Waals surface area contributed by atoms with Crippen molar-refractivity contribution in [2.24, 2.45) is 10.4 Å². The van der Waals surface area contributed by atoms with Crippen LogP contribution in [0.1, 0.15) is 65.2 Å². The van der Waals surface area contributed by atoms with E-state index in [1.54, 1.807) is 27.2 Å². The SMILES string of the molecule is C/C=C(\C=N/CNC(C)C(=O)OCC)c1cc2c(cc1OC)C1=C[C@H]3OC3C(C(=O)OCC)=CN1C(C(C)(C)C)C2.